The minimum atomic E-state index is 0.764. The smallest absolute Gasteiger partial charge is 0.235 e. The Balaban J connectivity index is 2.25. The van der Waals surface area contributed by atoms with Gasteiger partial charge < -0.3 is 0 Å². The van der Waals surface area contributed by atoms with E-state index in [1.807, 2.05) is 18.2 Å². The van der Waals surface area contributed by atoms with Crippen LogP contribution in [-0.4, -0.2) is 30.1 Å². The van der Waals surface area contributed by atoms with E-state index in [-0.39, 0.29) is 0 Å². The second kappa shape index (κ2) is 3.60. The molecule has 0 saturated heterocycles. The van der Waals surface area contributed by atoms with Crippen molar-refractivity contribution in [2.45, 2.75) is 0 Å². The van der Waals surface area contributed by atoms with Gasteiger partial charge in [-0.3, -0.25) is 4.40 Å². The first kappa shape index (κ1) is 10.6. The summed E-state index contributed by atoms with van der Waals surface area (Å²) in [6, 6.07) is 12.5. The molecule has 3 nitrogen and oxygen atoms in total. The maximum absolute atomic E-state index is 4.71. The molecule has 0 atom stereocenters. The molecule has 2 heterocycles. The summed E-state index contributed by atoms with van der Waals surface area (Å²) < 4.78 is 2.07. The van der Waals surface area contributed by atoms with Crippen molar-refractivity contribution in [2.24, 2.45) is 0 Å². The quantitative estimate of drug-likeness (QED) is 0.391. The highest BCUT2D eigenvalue weighted by atomic mass is 15.1. The van der Waals surface area contributed by atoms with Crippen LogP contribution in [0.2, 0.25) is 0 Å². The number of hydrogen-bond acceptors (Lipinski definition) is 2. The lowest BCUT2D eigenvalue weighted by Gasteiger charge is -2.05. The van der Waals surface area contributed by atoms with Gasteiger partial charge in [0.15, 0.2) is 0 Å². The van der Waals surface area contributed by atoms with Crippen LogP contribution in [0.3, 0.4) is 0 Å². The highest BCUT2D eigenvalue weighted by Crippen LogP contribution is 2.17. The largest absolute Gasteiger partial charge is 0.283 e. The summed E-state index contributed by atoms with van der Waals surface area (Å²) in [7, 11) is 4.21. The van der Waals surface area contributed by atoms with E-state index >= 15 is 0 Å². The molecule has 5 heteroatoms. The van der Waals surface area contributed by atoms with Gasteiger partial charge in [-0.15, -0.1) is 0 Å². The van der Waals surface area contributed by atoms with Gasteiger partial charge in [0.05, 0.1) is 16.6 Å². The normalized spacial score (nSPS) is 11.6. The topological polar surface area (TPSA) is 30.2 Å². The van der Waals surface area contributed by atoms with E-state index in [0.717, 1.165) is 27.7 Å². The summed E-state index contributed by atoms with van der Waals surface area (Å²) in [6.45, 7) is 0. The standard InChI is InChI=1S/C14H11B2N3/c15-9-5-8-7-19-12-4-2-1-3-11(12)17-14(19)18-13(8)10(16)6-9/h1-7H,15-16H2. The first-order chi connectivity index (χ1) is 9.22. The lowest BCUT2D eigenvalue weighted by Crippen LogP contribution is -2.15. The van der Waals surface area contributed by atoms with Crippen LogP contribution < -0.4 is 10.9 Å². The third-order valence-corrected chi connectivity index (χ3v) is 3.53. The van der Waals surface area contributed by atoms with Gasteiger partial charge in [0, 0.05) is 11.6 Å². The molecule has 0 aliphatic rings. The van der Waals surface area contributed by atoms with Crippen LogP contribution in [0.15, 0.2) is 42.6 Å². The Hall–Kier alpha value is -2.29. The van der Waals surface area contributed by atoms with E-state index in [0.29, 0.717) is 0 Å². The fraction of sp³-hybridized carbons (Fsp3) is 0. The van der Waals surface area contributed by atoms with Crippen molar-refractivity contribution in [1.82, 2.24) is 14.4 Å². The highest BCUT2D eigenvalue weighted by molar-refractivity contribution is 6.42. The fourth-order valence-electron chi connectivity index (χ4n) is 2.72. The predicted molar refractivity (Wildman–Crippen MR) is 84.4 cm³/mol. The van der Waals surface area contributed by atoms with Gasteiger partial charge in [0.25, 0.3) is 0 Å². The molecule has 0 saturated carbocycles. The van der Waals surface area contributed by atoms with E-state index < -0.39 is 0 Å². The molecule has 19 heavy (non-hydrogen) atoms. The van der Waals surface area contributed by atoms with Crippen LogP contribution in [0.1, 0.15) is 0 Å². The zero-order valence-corrected chi connectivity index (χ0v) is 10.9. The summed E-state index contributed by atoms with van der Waals surface area (Å²) in [4.78, 5) is 9.29. The maximum atomic E-state index is 4.71. The molecule has 0 amide bonds. The first-order valence-corrected chi connectivity index (χ1v) is 6.37. The van der Waals surface area contributed by atoms with E-state index in [4.69, 9.17) is 4.98 Å². The molecule has 0 unspecified atom stereocenters. The van der Waals surface area contributed by atoms with E-state index in [9.17, 15) is 0 Å². The molecule has 0 fully saturated rings. The maximum Gasteiger partial charge on any atom is 0.235 e. The molecule has 0 aliphatic heterocycles. The lowest BCUT2D eigenvalue weighted by atomic mass is 9.85. The van der Waals surface area contributed by atoms with Crippen molar-refractivity contribution < 1.29 is 0 Å². The second-order valence-corrected chi connectivity index (χ2v) is 5.03. The minimum Gasteiger partial charge on any atom is -0.283 e. The van der Waals surface area contributed by atoms with Gasteiger partial charge in [0.1, 0.15) is 15.7 Å². The number of benzene rings is 2. The Kier molecular flexibility index (Phi) is 2.01. The molecule has 4 rings (SSSR count). The molecule has 0 spiro atoms. The number of fused-ring (bicyclic) bond motifs is 4. The van der Waals surface area contributed by atoms with Gasteiger partial charge in [-0.1, -0.05) is 35.2 Å². The van der Waals surface area contributed by atoms with E-state index in [1.165, 1.54) is 10.9 Å². The Morgan fingerprint density at radius 3 is 2.74 bits per heavy atom. The van der Waals surface area contributed by atoms with Gasteiger partial charge in [-0.25, -0.2) is 9.97 Å². The number of nitrogens with zero attached hydrogens (tertiary/aromatic N) is 3. The summed E-state index contributed by atoms with van der Waals surface area (Å²) >= 11 is 0. The van der Waals surface area contributed by atoms with Gasteiger partial charge in [-0.05, 0) is 12.1 Å². The molecular formula is C14H11B2N3. The van der Waals surface area contributed by atoms with Crippen molar-refractivity contribution in [1.29, 1.82) is 0 Å². The third kappa shape index (κ3) is 1.48. The van der Waals surface area contributed by atoms with Crippen molar-refractivity contribution in [3.05, 3.63) is 42.6 Å². The monoisotopic (exact) mass is 243 g/mol. The van der Waals surface area contributed by atoms with Crippen LogP contribution in [0, 0.1) is 0 Å². The molecule has 4 aromatic rings. The van der Waals surface area contributed by atoms with Gasteiger partial charge in [-0.2, -0.15) is 0 Å². The van der Waals surface area contributed by atoms with Crippen LogP contribution >= 0.6 is 0 Å². The number of aromatic nitrogens is 3. The molecule has 0 aliphatic carbocycles. The summed E-state index contributed by atoms with van der Waals surface area (Å²) in [6.07, 6.45) is 2.13. The third-order valence-electron chi connectivity index (χ3n) is 3.53. The van der Waals surface area contributed by atoms with Crippen LogP contribution in [0.25, 0.3) is 27.7 Å². The summed E-state index contributed by atoms with van der Waals surface area (Å²) in [5, 5.41) is 1.16. The van der Waals surface area contributed by atoms with Gasteiger partial charge in [0.2, 0.25) is 5.78 Å². The number of imidazole rings is 1. The van der Waals surface area contributed by atoms with Crippen LogP contribution in [-0.2, 0) is 0 Å². The van der Waals surface area contributed by atoms with Gasteiger partial charge >= 0.3 is 0 Å². The Labute approximate surface area is 112 Å². The number of rotatable bonds is 0. The molecule has 0 radical (unpaired) electrons. The zero-order chi connectivity index (χ0) is 13.0. The molecule has 0 bridgehead atoms. The predicted octanol–water partition coefficient (Wildman–Crippen LogP) is -0.448. The number of hydrogen-bond donors (Lipinski definition) is 0. The SMILES string of the molecule is Bc1cc(B)c2nc3nc4ccccc4n3cc2c1. The molecule has 0 N–H and O–H groups in total. The molecule has 88 valence electrons. The first-order valence-electron chi connectivity index (χ1n) is 6.37. The summed E-state index contributed by atoms with van der Waals surface area (Å²) in [5.74, 6) is 0.764. The average molecular weight is 243 g/mol. The second-order valence-electron chi connectivity index (χ2n) is 5.03. The van der Waals surface area contributed by atoms with Crippen LogP contribution in [0.5, 0.6) is 0 Å². The van der Waals surface area contributed by atoms with Crippen molar-refractivity contribution in [3.63, 3.8) is 0 Å². The Morgan fingerprint density at radius 1 is 1.00 bits per heavy atom. The minimum absolute atomic E-state index is 0.764. The van der Waals surface area contributed by atoms with Crippen molar-refractivity contribution >= 4 is 54.3 Å². The zero-order valence-electron chi connectivity index (χ0n) is 10.9. The number of para-hydroxylation sites is 2. The van der Waals surface area contributed by atoms with E-state index in [1.54, 1.807) is 0 Å². The van der Waals surface area contributed by atoms with Crippen molar-refractivity contribution in [3.8, 4) is 0 Å². The van der Waals surface area contributed by atoms with E-state index in [2.05, 4.69) is 49.5 Å². The summed E-state index contributed by atoms with van der Waals surface area (Å²) in [5.41, 5.74) is 5.58. The lowest BCUT2D eigenvalue weighted by molar-refractivity contribution is 1.18. The fourth-order valence-corrected chi connectivity index (χ4v) is 2.72. The average Bonchev–Trinajstić information content (AvgIpc) is 2.74. The highest BCUT2D eigenvalue weighted by Gasteiger charge is 2.08. The molecule has 2 aromatic heterocycles. The Morgan fingerprint density at radius 2 is 1.84 bits per heavy atom. The molecular weight excluding hydrogens is 232 g/mol. The van der Waals surface area contributed by atoms with Crippen LogP contribution in [0.4, 0.5) is 0 Å². The Bertz CT molecular complexity index is 944. The van der Waals surface area contributed by atoms with Crippen molar-refractivity contribution in [2.75, 3.05) is 0 Å². The molecule has 2 aromatic carbocycles.